The van der Waals surface area contributed by atoms with Crippen LogP contribution in [-0.4, -0.2) is 5.91 Å². The average molecular weight is 316 g/mol. The van der Waals surface area contributed by atoms with Gasteiger partial charge in [0, 0.05) is 17.4 Å². The first-order chi connectivity index (χ1) is 8.52. The minimum absolute atomic E-state index is 0.0205. The van der Waals surface area contributed by atoms with Gasteiger partial charge in [-0.2, -0.15) is 0 Å². The van der Waals surface area contributed by atoms with Gasteiger partial charge >= 0.3 is 0 Å². The molecule has 1 amide bonds. The lowest BCUT2D eigenvalue weighted by Gasteiger charge is -2.11. The summed E-state index contributed by atoms with van der Waals surface area (Å²) in [6, 6.07) is 4.47. The van der Waals surface area contributed by atoms with Crippen molar-refractivity contribution in [1.29, 1.82) is 0 Å². The minimum Gasteiger partial charge on any atom is -0.352 e. The van der Waals surface area contributed by atoms with Crippen molar-refractivity contribution in [2.24, 2.45) is 5.92 Å². The van der Waals surface area contributed by atoms with Crippen molar-refractivity contribution in [2.45, 2.75) is 39.7 Å². The first kappa shape index (κ1) is 15.2. The molecule has 4 heteroatoms. The highest BCUT2D eigenvalue weighted by Crippen LogP contribution is 2.17. The lowest BCUT2D eigenvalue weighted by Crippen LogP contribution is -2.24. The molecule has 0 aliphatic rings. The zero-order valence-electron chi connectivity index (χ0n) is 10.8. The van der Waals surface area contributed by atoms with E-state index < -0.39 is 0 Å². The highest BCUT2D eigenvalue weighted by molar-refractivity contribution is 9.10. The highest BCUT2D eigenvalue weighted by Gasteiger charge is 2.09. The van der Waals surface area contributed by atoms with E-state index in [1.54, 1.807) is 6.07 Å². The van der Waals surface area contributed by atoms with Crippen LogP contribution in [0.5, 0.6) is 0 Å². The Bertz CT molecular complexity index is 409. The van der Waals surface area contributed by atoms with E-state index in [-0.39, 0.29) is 11.7 Å². The maximum atomic E-state index is 13.0. The molecule has 0 heterocycles. The van der Waals surface area contributed by atoms with Gasteiger partial charge in [0.05, 0.1) is 0 Å². The largest absolute Gasteiger partial charge is 0.352 e. The molecule has 1 rings (SSSR count). The summed E-state index contributed by atoms with van der Waals surface area (Å²) in [6.07, 6.45) is 2.67. The fourth-order valence-corrected chi connectivity index (χ4v) is 2.24. The molecule has 0 spiro atoms. The van der Waals surface area contributed by atoms with Gasteiger partial charge in [0.1, 0.15) is 5.82 Å². The molecular formula is C14H19BrFNO. The molecule has 1 N–H and O–H groups in total. The Morgan fingerprint density at radius 3 is 2.89 bits per heavy atom. The first-order valence-electron chi connectivity index (χ1n) is 6.23. The van der Waals surface area contributed by atoms with E-state index in [1.165, 1.54) is 12.1 Å². The Morgan fingerprint density at radius 1 is 1.50 bits per heavy atom. The molecule has 0 fully saturated rings. The normalized spacial score (nSPS) is 12.2. The number of carbonyl (C=O) groups is 1. The SMILES string of the molecule is CCCC(C)CC(=O)NCc1cc(F)ccc1Br. The summed E-state index contributed by atoms with van der Waals surface area (Å²) in [5, 5.41) is 2.82. The number of carbonyl (C=O) groups excluding carboxylic acids is 1. The van der Waals surface area contributed by atoms with E-state index in [0.717, 1.165) is 22.9 Å². The number of nitrogens with one attached hydrogen (secondary N) is 1. The molecule has 0 aromatic heterocycles. The van der Waals surface area contributed by atoms with Gasteiger partial charge in [0.25, 0.3) is 0 Å². The van der Waals surface area contributed by atoms with Crippen LogP contribution >= 0.6 is 15.9 Å². The van der Waals surface area contributed by atoms with Crippen molar-refractivity contribution in [1.82, 2.24) is 5.32 Å². The predicted molar refractivity (Wildman–Crippen MR) is 74.6 cm³/mol. The van der Waals surface area contributed by atoms with E-state index in [9.17, 15) is 9.18 Å². The van der Waals surface area contributed by atoms with Crippen LogP contribution in [-0.2, 0) is 11.3 Å². The monoisotopic (exact) mass is 315 g/mol. The smallest absolute Gasteiger partial charge is 0.220 e. The Morgan fingerprint density at radius 2 is 2.22 bits per heavy atom. The quantitative estimate of drug-likeness (QED) is 0.843. The Labute approximate surface area is 116 Å². The third kappa shape index (κ3) is 5.17. The van der Waals surface area contributed by atoms with Gasteiger partial charge in [-0.25, -0.2) is 4.39 Å². The van der Waals surface area contributed by atoms with Crippen LogP contribution in [0.4, 0.5) is 4.39 Å². The van der Waals surface area contributed by atoms with Crippen LogP contribution in [0.15, 0.2) is 22.7 Å². The number of benzene rings is 1. The molecule has 2 nitrogen and oxygen atoms in total. The van der Waals surface area contributed by atoms with Crippen LogP contribution < -0.4 is 5.32 Å². The van der Waals surface area contributed by atoms with Crippen LogP contribution in [0.25, 0.3) is 0 Å². The topological polar surface area (TPSA) is 29.1 Å². The summed E-state index contributed by atoms with van der Waals surface area (Å²) in [4.78, 5) is 11.7. The minimum atomic E-state index is -0.290. The maximum absolute atomic E-state index is 13.0. The van der Waals surface area contributed by atoms with Crippen molar-refractivity contribution in [2.75, 3.05) is 0 Å². The summed E-state index contributed by atoms with van der Waals surface area (Å²) in [5.41, 5.74) is 0.756. The van der Waals surface area contributed by atoms with Crippen molar-refractivity contribution < 1.29 is 9.18 Å². The maximum Gasteiger partial charge on any atom is 0.220 e. The summed E-state index contributed by atoms with van der Waals surface area (Å²) in [5.74, 6) is 0.125. The molecule has 1 atom stereocenters. The third-order valence-corrected chi connectivity index (χ3v) is 3.57. The molecule has 0 aliphatic carbocycles. The first-order valence-corrected chi connectivity index (χ1v) is 7.02. The molecule has 1 aromatic rings. The second-order valence-corrected chi connectivity index (χ2v) is 5.46. The van der Waals surface area contributed by atoms with Crippen molar-refractivity contribution in [3.05, 3.63) is 34.1 Å². The zero-order chi connectivity index (χ0) is 13.5. The van der Waals surface area contributed by atoms with Gasteiger partial charge < -0.3 is 5.32 Å². The van der Waals surface area contributed by atoms with Gasteiger partial charge in [0.15, 0.2) is 0 Å². The summed E-state index contributed by atoms with van der Waals surface area (Å²) < 4.78 is 13.9. The highest BCUT2D eigenvalue weighted by atomic mass is 79.9. The molecule has 0 aliphatic heterocycles. The molecule has 1 aromatic carbocycles. The molecule has 0 saturated heterocycles. The molecule has 1 unspecified atom stereocenters. The second-order valence-electron chi connectivity index (χ2n) is 4.61. The molecule has 100 valence electrons. The molecule has 18 heavy (non-hydrogen) atoms. The van der Waals surface area contributed by atoms with E-state index in [1.807, 2.05) is 0 Å². The Kier molecular flexibility index (Phi) is 6.33. The molecule has 0 bridgehead atoms. The fraction of sp³-hybridized carbons (Fsp3) is 0.500. The summed E-state index contributed by atoms with van der Waals surface area (Å²) in [6.45, 7) is 4.54. The predicted octanol–water partition coefficient (Wildman–Crippen LogP) is 4.03. The van der Waals surface area contributed by atoms with Gasteiger partial charge in [-0.05, 0) is 29.7 Å². The van der Waals surface area contributed by atoms with Gasteiger partial charge in [-0.15, -0.1) is 0 Å². The van der Waals surface area contributed by atoms with E-state index in [0.29, 0.717) is 18.9 Å². The molecule has 0 radical (unpaired) electrons. The average Bonchev–Trinajstić information content (AvgIpc) is 2.30. The van der Waals surface area contributed by atoms with Crippen molar-refractivity contribution in [3.63, 3.8) is 0 Å². The van der Waals surface area contributed by atoms with Crippen LogP contribution in [0, 0.1) is 11.7 Å². The van der Waals surface area contributed by atoms with Gasteiger partial charge in [0.2, 0.25) is 5.91 Å². The van der Waals surface area contributed by atoms with Crippen LogP contribution in [0.1, 0.15) is 38.7 Å². The summed E-state index contributed by atoms with van der Waals surface area (Å²) >= 11 is 3.34. The standard InChI is InChI=1S/C14H19BrFNO/c1-3-4-10(2)7-14(18)17-9-11-8-12(16)5-6-13(11)15/h5-6,8,10H,3-4,7,9H2,1-2H3,(H,17,18). The molecular weight excluding hydrogens is 297 g/mol. The zero-order valence-corrected chi connectivity index (χ0v) is 12.4. The lowest BCUT2D eigenvalue weighted by atomic mass is 10.0. The van der Waals surface area contributed by atoms with E-state index >= 15 is 0 Å². The fourth-order valence-electron chi connectivity index (χ4n) is 1.86. The van der Waals surface area contributed by atoms with Crippen molar-refractivity contribution >= 4 is 21.8 Å². The van der Waals surface area contributed by atoms with Gasteiger partial charge in [-0.3, -0.25) is 4.79 Å². The van der Waals surface area contributed by atoms with Crippen molar-refractivity contribution in [3.8, 4) is 0 Å². The Balaban J connectivity index is 2.45. The summed E-state index contributed by atoms with van der Waals surface area (Å²) in [7, 11) is 0. The lowest BCUT2D eigenvalue weighted by molar-refractivity contribution is -0.122. The second kappa shape index (κ2) is 7.52. The van der Waals surface area contributed by atoms with Crippen LogP contribution in [0.3, 0.4) is 0 Å². The number of hydrogen-bond donors (Lipinski definition) is 1. The van der Waals surface area contributed by atoms with Gasteiger partial charge in [-0.1, -0.05) is 42.6 Å². The number of amides is 1. The third-order valence-electron chi connectivity index (χ3n) is 2.80. The van der Waals surface area contributed by atoms with E-state index in [2.05, 4.69) is 35.1 Å². The van der Waals surface area contributed by atoms with Crippen LogP contribution in [0.2, 0.25) is 0 Å². The molecule has 0 saturated carbocycles. The number of hydrogen-bond acceptors (Lipinski definition) is 1. The number of halogens is 2. The van der Waals surface area contributed by atoms with E-state index in [4.69, 9.17) is 0 Å². The Hall–Kier alpha value is -0.900. The number of rotatable bonds is 6.